The summed E-state index contributed by atoms with van der Waals surface area (Å²) in [6.07, 6.45) is 2.99. The van der Waals surface area contributed by atoms with E-state index in [9.17, 15) is 18.0 Å². The lowest BCUT2D eigenvalue weighted by Crippen LogP contribution is -2.47. The lowest BCUT2D eigenvalue weighted by molar-refractivity contribution is -0.137. The smallest absolute Gasteiger partial charge is 0.339 e. The molecule has 34 heavy (non-hydrogen) atoms. The number of carbonyl (C=O) groups is 1. The van der Waals surface area contributed by atoms with Gasteiger partial charge in [-0.2, -0.15) is 4.72 Å². The fourth-order valence-corrected chi connectivity index (χ4v) is 5.62. The summed E-state index contributed by atoms with van der Waals surface area (Å²) in [7, 11) is -3.94. The molecule has 0 unspecified atom stereocenters. The molecule has 1 aliphatic carbocycles. The molecule has 180 valence electrons. The molecule has 1 aliphatic rings. The van der Waals surface area contributed by atoms with E-state index in [4.69, 9.17) is 9.15 Å². The molecule has 0 bridgehead atoms. The maximum absolute atomic E-state index is 13.2. The topological polar surface area (TPSA) is 103 Å². The molecular formula is C26H29NO6S. The van der Waals surface area contributed by atoms with Crippen molar-refractivity contribution in [3.63, 3.8) is 0 Å². The van der Waals surface area contributed by atoms with E-state index in [2.05, 4.69) is 4.72 Å². The largest absolute Gasteiger partial charge is 0.425 e. The maximum atomic E-state index is 13.2. The zero-order valence-corrected chi connectivity index (χ0v) is 20.6. The van der Waals surface area contributed by atoms with Crippen LogP contribution in [-0.4, -0.2) is 20.4 Å². The van der Waals surface area contributed by atoms with Gasteiger partial charge in [0.15, 0.2) is 0 Å². The third-order valence-corrected chi connectivity index (χ3v) is 8.09. The van der Waals surface area contributed by atoms with E-state index in [0.29, 0.717) is 24.0 Å². The number of nitrogens with one attached hydrogen (secondary N) is 1. The van der Waals surface area contributed by atoms with Crippen LogP contribution in [0.5, 0.6) is 5.75 Å². The third-order valence-electron chi connectivity index (χ3n) is 6.63. The van der Waals surface area contributed by atoms with Crippen molar-refractivity contribution in [3.8, 4) is 5.75 Å². The average molecular weight is 484 g/mol. The van der Waals surface area contributed by atoms with Crippen molar-refractivity contribution in [2.75, 3.05) is 0 Å². The molecule has 0 fully saturated rings. The molecule has 0 saturated carbocycles. The molecule has 0 amide bonds. The van der Waals surface area contributed by atoms with Crippen molar-refractivity contribution < 1.29 is 22.4 Å². The second kappa shape index (κ2) is 9.35. The zero-order valence-electron chi connectivity index (χ0n) is 19.8. The molecule has 1 aromatic heterocycles. The number of ether oxygens (including phenoxy) is 1. The van der Waals surface area contributed by atoms with Gasteiger partial charge in [0, 0.05) is 16.5 Å². The van der Waals surface area contributed by atoms with Gasteiger partial charge in [0.25, 0.3) is 0 Å². The molecule has 0 saturated heterocycles. The highest BCUT2D eigenvalue weighted by Gasteiger charge is 2.32. The first-order valence-corrected chi connectivity index (χ1v) is 13.0. The van der Waals surface area contributed by atoms with Crippen LogP contribution in [0.3, 0.4) is 0 Å². The van der Waals surface area contributed by atoms with E-state index < -0.39 is 22.0 Å². The number of sulfonamides is 1. The highest BCUT2D eigenvalue weighted by molar-refractivity contribution is 7.89. The SMILES string of the molecule is CC[C@H](C)[C@@H](NS(=O)(=O)c1ccc(C)cc1)C(=O)Oc1ccc2c3c(c(=O)oc2c1C)CCC3. The lowest BCUT2D eigenvalue weighted by atomic mass is 10.0. The van der Waals surface area contributed by atoms with Crippen molar-refractivity contribution in [3.05, 3.63) is 69.1 Å². The first kappa shape index (κ1) is 24.2. The van der Waals surface area contributed by atoms with E-state index in [1.54, 1.807) is 38.1 Å². The number of carbonyl (C=O) groups excluding carboxylic acids is 1. The van der Waals surface area contributed by atoms with Gasteiger partial charge in [-0.15, -0.1) is 0 Å². The van der Waals surface area contributed by atoms with Gasteiger partial charge < -0.3 is 9.15 Å². The zero-order chi connectivity index (χ0) is 24.6. The van der Waals surface area contributed by atoms with Crippen LogP contribution in [0.1, 0.15) is 48.9 Å². The molecule has 1 heterocycles. The van der Waals surface area contributed by atoms with Gasteiger partial charge in [-0.25, -0.2) is 18.0 Å². The Bertz CT molecular complexity index is 1410. The van der Waals surface area contributed by atoms with E-state index >= 15 is 0 Å². The summed E-state index contributed by atoms with van der Waals surface area (Å²) < 4.78 is 39.7. The molecule has 0 radical (unpaired) electrons. The van der Waals surface area contributed by atoms with Gasteiger partial charge in [0.2, 0.25) is 10.0 Å². The average Bonchev–Trinajstić information content (AvgIpc) is 3.30. The van der Waals surface area contributed by atoms with Gasteiger partial charge in [-0.05, 0) is 68.9 Å². The van der Waals surface area contributed by atoms with Crippen LogP contribution in [0.25, 0.3) is 11.0 Å². The molecule has 0 spiro atoms. The number of benzene rings is 2. The molecule has 3 aromatic rings. The lowest BCUT2D eigenvalue weighted by Gasteiger charge is -2.23. The standard InChI is InChI=1S/C26H29NO6S/c1-5-16(3)23(27-34(30,31)18-11-9-15(2)10-12-18)26(29)32-22-14-13-20-19-7-6-8-21(19)25(28)33-24(20)17(22)4/h9-14,16,23,27H,5-8H2,1-4H3/t16-,23+/m0/s1. The first-order valence-electron chi connectivity index (χ1n) is 11.5. The predicted octanol–water partition coefficient (Wildman–Crippen LogP) is 4.20. The quantitative estimate of drug-likeness (QED) is 0.307. The monoisotopic (exact) mass is 483 g/mol. The van der Waals surface area contributed by atoms with Crippen molar-refractivity contribution in [1.82, 2.24) is 4.72 Å². The van der Waals surface area contributed by atoms with Crippen LogP contribution < -0.4 is 15.1 Å². The van der Waals surface area contributed by atoms with E-state index in [-0.39, 0.29) is 22.2 Å². The van der Waals surface area contributed by atoms with Gasteiger partial charge in [0.05, 0.1) is 4.90 Å². The minimum atomic E-state index is -3.94. The van der Waals surface area contributed by atoms with Gasteiger partial charge in [-0.3, -0.25) is 0 Å². The molecule has 0 aliphatic heterocycles. The van der Waals surface area contributed by atoms with E-state index in [1.165, 1.54) is 12.1 Å². The van der Waals surface area contributed by atoms with Crippen LogP contribution in [-0.2, 0) is 27.7 Å². The summed E-state index contributed by atoms with van der Waals surface area (Å²) in [5.41, 5.74) is 3.23. The number of hydrogen-bond acceptors (Lipinski definition) is 6. The normalized spacial score (nSPS) is 15.2. The summed E-state index contributed by atoms with van der Waals surface area (Å²) in [5, 5.41) is 0.850. The van der Waals surface area contributed by atoms with Crippen molar-refractivity contribution in [2.24, 2.45) is 5.92 Å². The first-order chi connectivity index (χ1) is 16.1. The molecular weight excluding hydrogens is 454 g/mol. The minimum absolute atomic E-state index is 0.0803. The number of aryl methyl sites for hydroxylation is 3. The van der Waals surface area contributed by atoms with Crippen LogP contribution in [0, 0.1) is 19.8 Å². The predicted molar refractivity (Wildman–Crippen MR) is 130 cm³/mol. The Morgan fingerprint density at radius 2 is 1.76 bits per heavy atom. The maximum Gasteiger partial charge on any atom is 0.339 e. The minimum Gasteiger partial charge on any atom is -0.425 e. The van der Waals surface area contributed by atoms with Gasteiger partial charge in [0.1, 0.15) is 17.4 Å². The van der Waals surface area contributed by atoms with Crippen LogP contribution in [0.15, 0.2) is 50.5 Å². The van der Waals surface area contributed by atoms with Crippen LogP contribution in [0.2, 0.25) is 0 Å². The molecule has 8 heteroatoms. The number of esters is 1. The number of fused-ring (bicyclic) bond motifs is 3. The Labute approximate surface area is 199 Å². The third kappa shape index (κ3) is 4.52. The number of hydrogen-bond donors (Lipinski definition) is 1. The summed E-state index contributed by atoms with van der Waals surface area (Å²) >= 11 is 0. The van der Waals surface area contributed by atoms with Crippen molar-refractivity contribution >= 4 is 27.0 Å². The number of rotatable bonds is 7. The molecule has 2 aromatic carbocycles. The molecule has 7 nitrogen and oxygen atoms in total. The highest BCUT2D eigenvalue weighted by atomic mass is 32.2. The van der Waals surface area contributed by atoms with E-state index in [0.717, 1.165) is 34.9 Å². The van der Waals surface area contributed by atoms with Crippen LogP contribution in [0.4, 0.5) is 0 Å². The summed E-state index contributed by atoms with van der Waals surface area (Å²) in [6.45, 7) is 7.26. The molecule has 1 N–H and O–H groups in total. The molecule has 2 atom stereocenters. The fraction of sp³-hybridized carbons (Fsp3) is 0.385. The summed E-state index contributed by atoms with van der Waals surface area (Å²) in [6, 6.07) is 8.80. The second-order valence-corrected chi connectivity index (χ2v) is 10.7. The molecule has 4 rings (SSSR count). The van der Waals surface area contributed by atoms with E-state index in [1.807, 2.05) is 13.8 Å². The highest BCUT2D eigenvalue weighted by Crippen LogP contribution is 2.33. The van der Waals surface area contributed by atoms with Gasteiger partial charge in [-0.1, -0.05) is 38.0 Å². The van der Waals surface area contributed by atoms with Gasteiger partial charge >= 0.3 is 11.6 Å². The second-order valence-electron chi connectivity index (χ2n) is 8.98. The Hall–Kier alpha value is -2.97. The Balaban J connectivity index is 1.64. The Morgan fingerprint density at radius 1 is 1.09 bits per heavy atom. The van der Waals surface area contributed by atoms with Crippen molar-refractivity contribution in [1.29, 1.82) is 0 Å². The summed E-state index contributed by atoms with van der Waals surface area (Å²) in [4.78, 5) is 25.7. The fourth-order valence-electron chi connectivity index (χ4n) is 4.33. The Morgan fingerprint density at radius 3 is 2.44 bits per heavy atom. The van der Waals surface area contributed by atoms with Crippen LogP contribution >= 0.6 is 0 Å². The van der Waals surface area contributed by atoms with Crippen molar-refractivity contribution in [2.45, 2.75) is 64.3 Å². The summed E-state index contributed by atoms with van der Waals surface area (Å²) in [5.74, 6) is -0.785. The Kier molecular flexibility index (Phi) is 6.64.